The highest BCUT2D eigenvalue weighted by molar-refractivity contribution is 5.70. The number of ether oxygens (including phenoxy) is 1. The van der Waals surface area contributed by atoms with E-state index in [1.54, 1.807) is 0 Å². The molecule has 1 aromatic carbocycles. The molecule has 0 unspecified atom stereocenters. The Morgan fingerprint density at radius 1 is 1.44 bits per heavy atom. The van der Waals surface area contributed by atoms with Gasteiger partial charge in [0.05, 0.1) is 19.8 Å². The molecule has 86 valence electrons. The van der Waals surface area contributed by atoms with Crippen molar-refractivity contribution in [3.63, 3.8) is 0 Å². The van der Waals surface area contributed by atoms with Gasteiger partial charge in [0.2, 0.25) is 0 Å². The number of carbonyl (C=O) groups is 1. The Morgan fingerprint density at radius 2 is 2.12 bits per heavy atom. The summed E-state index contributed by atoms with van der Waals surface area (Å²) >= 11 is 0. The van der Waals surface area contributed by atoms with Gasteiger partial charge in [-0.05, 0) is 17.7 Å². The average molecular weight is 228 g/mol. The number of rotatable bonds is 4. The molecule has 3 nitrogen and oxygen atoms in total. The maximum atomic E-state index is 13.2. The standard InChI is InChI=1S/C11H10F2O3/c1-16-3-2-7-4-8(5-11(14)15)10(13)6-9(7)12/h2-4,6H,5H2,1H3,(H,14,15)/b3-2+. The van der Waals surface area contributed by atoms with Gasteiger partial charge >= 0.3 is 5.97 Å². The number of halogens is 2. The van der Waals surface area contributed by atoms with Gasteiger partial charge in [-0.3, -0.25) is 4.79 Å². The summed E-state index contributed by atoms with van der Waals surface area (Å²) in [5.74, 6) is -2.80. The molecule has 0 saturated carbocycles. The van der Waals surface area contributed by atoms with Gasteiger partial charge in [-0.25, -0.2) is 8.78 Å². The summed E-state index contributed by atoms with van der Waals surface area (Å²) in [4.78, 5) is 10.4. The van der Waals surface area contributed by atoms with Gasteiger partial charge in [-0.15, -0.1) is 0 Å². The number of aliphatic carboxylic acids is 1. The lowest BCUT2D eigenvalue weighted by molar-refractivity contribution is -0.136. The molecule has 0 aliphatic heterocycles. The molecule has 0 heterocycles. The lowest BCUT2D eigenvalue weighted by Gasteiger charge is -2.03. The highest BCUT2D eigenvalue weighted by Crippen LogP contribution is 2.17. The zero-order valence-electron chi connectivity index (χ0n) is 8.54. The van der Waals surface area contributed by atoms with Crippen LogP contribution in [-0.2, 0) is 16.0 Å². The van der Waals surface area contributed by atoms with Crippen molar-refractivity contribution in [2.45, 2.75) is 6.42 Å². The van der Waals surface area contributed by atoms with Crippen molar-refractivity contribution in [3.05, 3.63) is 41.2 Å². The van der Waals surface area contributed by atoms with Gasteiger partial charge in [-0.2, -0.15) is 0 Å². The summed E-state index contributed by atoms with van der Waals surface area (Å²) in [7, 11) is 1.39. The Balaban J connectivity index is 3.10. The van der Waals surface area contributed by atoms with Crippen LogP contribution < -0.4 is 0 Å². The van der Waals surface area contributed by atoms with Crippen molar-refractivity contribution in [3.8, 4) is 0 Å². The van der Waals surface area contributed by atoms with E-state index in [1.165, 1.54) is 19.4 Å². The highest BCUT2D eigenvalue weighted by atomic mass is 19.1. The van der Waals surface area contributed by atoms with Crippen molar-refractivity contribution >= 4 is 12.0 Å². The summed E-state index contributed by atoms with van der Waals surface area (Å²) in [6.07, 6.45) is 2.03. The Bertz CT molecular complexity index is 427. The first kappa shape index (κ1) is 12.2. The Hall–Kier alpha value is -1.91. The van der Waals surface area contributed by atoms with Gasteiger partial charge in [0.15, 0.2) is 0 Å². The third-order valence-electron chi connectivity index (χ3n) is 1.89. The van der Waals surface area contributed by atoms with Crippen LogP contribution in [0.3, 0.4) is 0 Å². The molecule has 5 heteroatoms. The third-order valence-corrected chi connectivity index (χ3v) is 1.89. The molecule has 0 aliphatic carbocycles. The van der Waals surface area contributed by atoms with E-state index in [2.05, 4.69) is 4.74 Å². The van der Waals surface area contributed by atoms with E-state index in [0.29, 0.717) is 6.07 Å². The molecule has 1 rings (SSSR count). The van der Waals surface area contributed by atoms with E-state index < -0.39 is 24.0 Å². The molecule has 0 aromatic heterocycles. The van der Waals surface area contributed by atoms with Gasteiger partial charge in [0.25, 0.3) is 0 Å². The van der Waals surface area contributed by atoms with Crippen LogP contribution in [0.25, 0.3) is 6.08 Å². The summed E-state index contributed by atoms with van der Waals surface area (Å²) < 4.78 is 30.9. The second-order valence-corrected chi connectivity index (χ2v) is 3.07. The minimum Gasteiger partial charge on any atom is -0.504 e. The largest absolute Gasteiger partial charge is 0.504 e. The number of carboxylic acids is 1. The maximum absolute atomic E-state index is 13.2. The fraction of sp³-hybridized carbons (Fsp3) is 0.182. The Morgan fingerprint density at radius 3 is 2.69 bits per heavy atom. The SMILES string of the molecule is CO/C=C/c1cc(CC(=O)O)c(F)cc1F. The fourth-order valence-electron chi connectivity index (χ4n) is 1.18. The van der Waals surface area contributed by atoms with Gasteiger partial charge in [-0.1, -0.05) is 0 Å². The van der Waals surface area contributed by atoms with Gasteiger partial charge < -0.3 is 9.84 Å². The van der Waals surface area contributed by atoms with Crippen molar-refractivity contribution in [2.75, 3.05) is 7.11 Å². The smallest absolute Gasteiger partial charge is 0.307 e. The van der Waals surface area contributed by atoms with E-state index in [9.17, 15) is 13.6 Å². The zero-order valence-corrected chi connectivity index (χ0v) is 8.54. The summed E-state index contributed by atoms with van der Waals surface area (Å²) in [5, 5.41) is 8.52. The van der Waals surface area contributed by atoms with Crippen LogP contribution in [0.1, 0.15) is 11.1 Å². The highest BCUT2D eigenvalue weighted by Gasteiger charge is 2.11. The van der Waals surface area contributed by atoms with Crippen LogP contribution in [0.4, 0.5) is 8.78 Å². The lowest BCUT2D eigenvalue weighted by Crippen LogP contribution is -2.03. The molecule has 0 spiro atoms. The first-order chi connectivity index (χ1) is 7.54. The Labute approximate surface area is 91.0 Å². The van der Waals surface area contributed by atoms with Crippen LogP contribution in [-0.4, -0.2) is 18.2 Å². The summed E-state index contributed by atoms with van der Waals surface area (Å²) in [5.41, 5.74) is 0.0177. The maximum Gasteiger partial charge on any atom is 0.307 e. The number of benzene rings is 1. The van der Waals surface area contributed by atoms with Crippen molar-refractivity contribution < 1.29 is 23.4 Å². The molecular weight excluding hydrogens is 218 g/mol. The first-order valence-corrected chi connectivity index (χ1v) is 4.43. The minimum atomic E-state index is -1.17. The van der Waals surface area contributed by atoms with E-state index in [0.717, 1.165) is 6.07 Å². The Kier molecular flexibility index (Phi) is 3.99. The molecule has 0 bridgehead atoms. The van der Waals surface area contributed by atoms with Crippen LogP contribution in [0, 0.1) is 11.6 Å². The van der Waals surface area contributed by atoms with Crippen LogP contribution in [0.2, 0.25) is 0 Å². The van der Waals surface area contributed by atoms with E-state index in [4.69, 9.17) is 5.11 Å². The van der Waals surface area contributed by atoms with Gasteiger partial charge in [0.1, 0.15) is 11.6 Å². The van der Waals surface area contributed by atoms with E-state index in [1.807, 2.05) is 0 Å². The monoisotopic (exact) mass is 228 g/mol. The normalized spacial score (nSPS) is 10.7. The number of hydrogen-bond acceptors (Lipinski definition) is 2. The van der Waals surface area contributed by atoms with Crippen LogP contribution in [0.15, 0.2) is 18.4 Å². The average Bonchev–Trinajstić information content (AvgIpc) is 2.20. The van der Waals surface area contributed by atoms with Crippen LogP contribution in [0.5, 0.6) is 0 Å². The molecule has 0 fully saturated rings. The minimum absolute atomic E-state index is 0.0651. The van der Waals surface area contributed by atoms with E-state index >= 15 is 0 Å². The fourth-order valence-corrected chi connectivity index (χ4v) is 1.18. The number of methoxy groups -OCH3 is 1. The molecule has 1 aromatic rings. The predicted octanol–water partition coefficient (Wildman–Crippen LogP) is 2.21. The second kappa shape index (κ2) is 5.25. The van der Waals surface area contributed by atoms with Crippen LogP contribution >= 0.6 is 0 Å². The zero-order chi connectivity index (χ0) is 12.1. The van der Waals surface area contributed by atoms with E-state index in [-0.39, 0.29) is 11.1 Å². The third kappa shape index (κ3) is 3.05. The molecule has 0 atom stereocenters. The quantitative estimate of drug-likeness (QED) is 0.803. The topological polar surface area (TPSA) is 46.5 Å². The molecule has 0 radical (unpaired) electrons. The summed E-state index contributed by atoms with van der Waals surface area (Å²) in [6.45, 7) is 0. The van der Waals surface area contributed by atoms with Crippen molar-refractivity contribution in [1.82, 2.24) is 0 Å². The lowest BCUT2D eigenvalue weighted by atomic mass is 10.1. The molecular formula is C11H10F2O3. The molecule has 16 heavy (non-hydrogen) atoms. The summed E-state index contributed by atoms with van der Waals surface area (Å²) in [6, 6.07) is 1.81. The number of hydrogen-bond donors (Lipinski definition) is 1. The first-order valence-electron chi connectivity index (χ1n) is 4.43. The van der Waals surface area contributed by atoms with Gasteiger partial charge in [0, 0.05) is 11.6 Å². The second-order valence-electron chi connectivity index (χ2n) is 3.07. The number of carboxylic acid groups (broad SMARTS) is 1. The van der Waals surface area contributed by atoms with Crippen molar-refractivity contribution in [2.24, 2.45) is 0 Å². The molecule has 0 amide bonds. The van der Waals surface area contributed by atoms with Crippen molar-refractivity contribution in [1.29, 1.82) is 0 Å². The predicted molar refractivity (Wildman–Crippen MR) is 53.7 cm³/mol. The molecule has 1 N–H and O–H groups in total. The molecule has 0 saturated heterocycles. The molecule has 0 aliphatic rings.